The molecule has 0 bridgehead atoms. The van der Waals surface area contributed by atoms with Crippen LogP contribution in [0.3, 0.4) is 0 Å². The van der Waals surface area contributed by atoms with Gasteiger partial charge < -0.3 is 20.1 Å². The van der Waals surface area contributed by atoms with E-state index >= 15 is 0 Å². The van der Waals surface area contributed by atoms with Crippen molar-refractivity contribution >= 4 is 29.0 Å². The van der Waals surface area contributed by atoms with Gasteiger partial charge >= 0.3 is 5.97 Å². The number of aryl methyl sites for hydroxylation is 1. The highest BCUT2D eigenvalue weighted by Crippen LogP contribution is 2.14. The third-order valence-corrected chi connectivity index (χ3v) is 3.93. The Labute approximate surface area is 175 Å². The Morgan fingerprint density at radius 3 is 2.18 bits per heavy atom. The van der Waals surface area contributed by atoms with Crippen LogP contribution in [-0.2, 0) is 20.7 Å². The van der Waals surface area contributed by atoms with Crippen LogP contribution in [0.1, 0.15) is 66.9 Å². The summed E-state index contributed by atoms with van der Waals surface area (Å²) in [5, 5.41) is 6.51. The van der Waals surface area contributed by atoms with Crippen molar-refractivity contribution in [3.8, 4) is 0 Å². The maximum atomic E-state index is 12.6. The third-order valence-electron chi connectivity index (χ3n) is 3.71. The van der Waals surface area contributed by atoms with Crippen LogP contribution in [0.15, 0.2) is 24.3 Å². The zero-order valence-electron chi connectivity index (χ0n) is 18.3. The van der Waals surface area contributed by atoms with Crippen molar-refractivity contribution in [2.24, 2.45) is 0 Å². The summed E-state index contributed by atoms with van der Waals surface area (Å²) >= 11 is 5.40. The van der Waals surface area contributed by atoms with Gasteiger partial charge in [-0.1, -0.05) is 25.5 Å². The Morgan fingerprint density at radius 1 is 1.07 bits per heavy atom. The van der Waals surface area contributed by atoms with Crippen LogP contribution < -0.4 is 10.6 Å². The molecule has 6 heteroatoms. The fourth-order valence-electron chi connectivity index (χ4n) is 2.34. The summed E-state index contributed by atoms with van der Waals surface area (Å²) in [7, 11) is 0. The third kappa shape index (κ3) is 10.6. The van der Waals surface area contributed by atoms with Crippen LogP contribution >= 0.6 is 12.2 Å². The van der Waals surface area contributed by atoms with Crippen molar-refractivity contribution in [3.63, 3.8) is 0 Å². The highest BCUT2D eigenvalue weighted by molar-refractivity contribution is 7.80. The molecule has 1 atom stereocenters. The molecule has 5 nitrogen and oxygen atoms in total. The van der Waals surface area contributed by atoms with Crippen molar-refractivity contribution in [2.45, 2.75) is 85.0 Å². The van der Waals surface area contributed by atoms with Crippen molar-refractivity contribution in [3.05, 3.63) is 29.8 Å². The zero-order chi connectivity index (χ0) is 21.4. The lowest BCUT2D eigenvalue weighted by atomic mass is 10.1. The van der Waals surface area contributed by atoms with Crippen LogP contribution in [0.2, 0.25) is 0 Å². The van der Waals surface area contributed by atoms with Crippen LogP contribution in [0, 0.1) is 0 Å². The molecular formula is C22H36N2O3S. The smallest absolute Gasteiger partial charge is 0.331 e. The van der Waals surface area contributed by atoms with Gasteiger partial charge in [0.25, 0.3) is 0 Å². The normalized spacial score (nSPS) is 13.0. The maximum absolute atomic E-state index is 12.6. The maximum Gasteiger partial charge on any atom is 0.331 e. The minimum atomic E-state index is -0.692. The summed E-state index contributed by atoms with van der Waals surface area (Å²) in [4.78, 5) is 12.6. The number of ether oxygens (including phenoxy) is 2. The lowest BCUT2D eigenvalue weighted by Crippen LogP contribution is -2.49. The molecule has 0 aliphatic carbocycles. The number of benzene rings is 1. The van der Waals surface area contributed by atoms with Gasteiger partial charge in [-0.25, -0.2) is 4.79 Å². The second-order valence-corrected chi connectivity index (χ2v) is 9.32. The highest BCUT2D eigenvalue weighted by atomic mass is 32.1. The van der Waals surface area contributed by atoms with Crippen molar-refractivity contribution in [1.82, 2.24) is 5.32 Å². The molecule has 0 saturated heterocycles. The van der Waals surface area contributed by atoms with Gasteiger partial charge in [-0.05, 0) is 84.3 Å². The first kappa shape index (κ1) is 24.4. The Morgan fingerprint density at radius 2 is 1.68 bits per heavy atom. The van der Waals surface area contributed by atoms with Gasteiger partial charge in [0.15, 0.2) is 5.11 Å². The van der Waals surface area contributed by atoms with E-state index in [4.69, 9.17) is 21.7 Å². The minimum Gasteiger partial charge on any atom is -0.458 e. The minimum absolute atomic E-state index is 0.163. The average Bonchev–Trinajstić information content (AvgIpc) is 2.55. The number of nitrogens with one attached hydrogen (secondary N) is 2. The number of thiocarbonyl (C=S) groups is 1. The molecule has 1 unspecified atom stereocenters. The van der Waals surface area contributed by atoms with E-state index in [9.17, 15) is 4.79 Å². The highest BCUT2D eigenvalue weighted by Gasteiger charge is 2.27. The number of carbonyl (C=O) groups excluding carboxylic acids is 1. The van der Waals surface area contributed by atoms with E-state index in [2.05, 4.69) is 29.7 Å². The predicted octanol–water partition coefficient (Wildman–Crippen LogP) is 4.84. The number of carbonyl (C=O) groups is 1. The first-order valence-corrected chi connectivity index (χ1v) is 10.3. The predicted molar refractivity (Wildman–Crippen MR) is 120 cm³/mol. The van der Waals surface area contributed by atoms with E-state index in [0.717, 1.165) is 12.1 Å². The van der Waals surface area contributed by atoms with Crippen LogP contribution in [0.5, 0.6) is 0 Å². The number of hydrogen-bond donors (Lipinski definition) is 2. The molecule has 1 aromatic rings. The summed E-state index contributed by atoms with van der Waals surface area (Å²) in [6.07, 6.45) is 3.43. The van der Waals surface area contributed by atoms with E-state index < -0.39 is 17.6 Å². The Bertz CT molecular complexity index is 631. The molecule has 0 amide bonds. The Kier molecular flexibility index (Phi) is 9.37. The van der Waals surface area contributed by atoms with Crippen LogP contribution in [0.25, 0.3) is 0 Å². The number of unbranched alkanes of at least 4 members (excludes halogenated alkanes) is 1. The first-order valence-electron chi connectivity index (χ1n) is 9.93. The van der Waals surface area contributed by atoms with Crippen LogP contribution in [-0.4, -0.2) is 34.9 Å². The number of anilines is 1. The first-order chi connectivity index (χ1) is 12.9. The number of rotatable bonds is 8. The van der Waals surface area contributed by atoms with Crippen molar-refractivity contribution < 1.29 is 14.3 Å². The number of hydrogen-bond acceptors (Lipinski definition) is 4. The van der Waals surface area contributed by atoms with E-state index in [1.807, 2.05) is 53.7 Å². The van der Waals surface area contributed by atoms with E-state index in [0.29, 0.717) is 5.11 Å². The standard InChI is InChI=1S/C22H36N2O3S/c1-8-9-10-16-11-13-17(14-12-16)23-20(28)24-18(15-26-21(2,3)4)19(25)27-22(5,6)7/h11-14,18H,8-10,15H2,1-7H3,(H2,23,24,28). The van der Waals surface area contributed by atoms with Gasteiger partial charge in [0.2, 0.25) is 0 Å². The van der Waals surface area contributed by atoms with Gasteiger partial charge in [0.1, 0.15) is 11.6 Å². The fraction of sp³-hybridized carbons (Fsp3) is 0.636. The van der Waals surface area contributed by atoms with E-state index in [1.165, 1.54) is 18.4 Å². The van der Waals surface area contributed by atoms with E-state index in [-0.39, 0.29) is 12.2 Å². The summed E-state index contributed by atoms with van der Waals surface area (Å²) in [6.45, 7) is 13.7. The molecule has 0 spiro atoms. The SMILES string of the molecule is CCCCc1ccc(NC(=S)NC(COC(C)(C)C)C(=O)OC(C)(C)C)cc1. The van der Waals surface area contributed by atoms with Gasteiger partial charge in [-0.15, -0.1) is 0 Å². The molecular weight excluding hydrogens is 372 g/mol. The molecule has 0 saturated carbocycles. The van der Waals surface area contributed by atoms with Gasteiger partial charge in [0, 0.05) is 5.69 Å². The second-order valence-electron chi connectivity index (χ2n) is 8.91. The molecule has 0 heterocycles. The quantitative estimate of drug-likeness (QED) is 0.474. The molecule has 0 aliphatic rings. The van der Waals surface area contributed by atoms with Gasteiger partial charge in [-0.3, -0.25) is 0 Å². The lowest BCUT2D eigenvalue weighted by molar-refractivity contribution is -0.159. The molecule has 0 aromatic heterocycles. The average molecular weight is 409 g/mol. The Balaban J connectivity index is 2.72. The molecule has 28 heavy (non-hydrogen) atoms. The Hall–Kier alpha value is -1.66. The topological polar surface area (TPSA) is 59.6 Å². The summed E-state index contributed by atoms with van der Waals surface area (Å²) in [5.41, 5.74) is 1.22. The monoisotopic (exact) mass is 408 g/mol. The molecule has 1 aromatic carbocycles. The largest absolute Gasteiger partial charge is 0.458 e. The molecule has 0 radical (unpaired) electrons. The fourth-order valence-corrected chi connectivity index (χ4v) is 2.60. The molecule has 2 N–H and O–H groups in total. The molecule has 158 valence electrons. The molecule has 1 rings (SSSR count). The van der Waals surface area contributed by atoms with Gasteiger partial charge in [-0.2, -0.15) is 0 Å². The lowest BCUT2D eigenvalue weighted by Gasteiger charge is -2.28. The van der Waals surface area contributed by atoms with Gasteiger partial charge in [0.05, 0.1) is 12.2 Å². The molecule has 0 aliphatic heterocycles. The van der Waals surface area contributed by atoms with Crippen molar-refractivity contribution in [2.75, 3.05) is 11.9 Å². The van der Waals surface area contributed by atoms with Crippen molar-refractivity contribution in [1.29, 1.82) is 0 Å². The van der Waals surface area contributed by atoms with E-state index in [1.54, 1.807) is 0 Å². The molecule has 0 fully saturated rings. The zero-order valence-corrected chi connectivity index (χ0v) is 19.2. The second kappa shape index (κ2) is 10.8. The van der Waals surface area contributed by atoms with Crippen LogP contribution in [0.4, 0.5) is 5.69 Å². The summed E-state index contributed by atoms with van der Waals surface area (Å²) < 4.78 is 11.3. The summed E-state index contributed by atoms with van der Waals surface area (Å²) in [5.74, 6) is -0.393. The summed E-state index contributed by atoms with van der Waals surface area (Å²) in [6, 6.07) is 7.48. The number of esters is 1.